The van der Waals surface area contributed by atoms with Crippen LogP contribution in [0.3, 0.4) is 0 Å². The van der Waals surface area contributed by atoms with E-state index in [-0.39, 0.29) is 5.91 Å². The van der Waals surface area contributed by atoms with Gasteiger partial charge in [0.1, 0.15) is 11.8 Å². The SMILES string of the molecule is CC[C@@H](C(=O)NCc1ccc(OC)cc1)N(c1cc(C)ccc1C)S(C)(=O)=O. The van der Waals surface area contributed by atoms with Gasteiger partial charge in [-0.25, -0.2) is 8.42 Å². The number of anilines is 1. The zero-order valence-corrected chi connectivity index (χ0v) is 17.8. The standard InChI is InChI=1S/C21H28N2O4S/c1-6-19(21(24)22-14-17-9-11-18(27-4)12-10-17)23(28(5,25)26)20-13-15(2)7-8-16(20)3/h7-13,19H,6,14H2,1-5H3,(H,22,24)/t19-/m0/s1. The van der Waals surface area contributed by atoms with E-state index in [1.54, 1.807) is 20.1 Å². The first kappa shape index (κ1) is 21.8. The summed E-state index contributed by atoms with van der Waals surface area (Å²) < 4.78 is 31.5. The first-order chi connectivity index (χ1) is 13.2. The Morgan fingerprint density at radius 2 is 1.79 bits per heavy atom. The van der Waals surface area contributed by atoms with E-state index in [0.717, 1.165) is 28.7 Å². The second-order valence-electron chi connectivity index (χ2n) is 6.84. The summed E-state index contributed by atoms with van der Waals surface area (Å²) in [4.78, 5) is 12.9. The van der Waals surface area contributed by atoms with Crippen molar-refractivity contribution in [3.05, 3.63) is 59.2 Å². The highest BCUT2D eigenvalue weighted by molar-refractivity contribution is 7.92. The van der Waals surface area contributed by atoms with Gasteiger partial charge < -0.3 is 10.1 Å². The number of sulfonamides is 1. The van der Waals surface area contributed by atoms with Crippen LogP contribution in [0.2, 0.25) is 0 Å². The molecule has 0 bridgehead atoms. The fourth-order valence-corrected chi connectivity index (χ4v) is 4.30. The van der Waals surface area contributed by atoms with Crippen molar-refractivity contribution in [2.24, 2.45) is 0 Å². The number of aryl methyl sites for hydroxylation is 2. The Hall–Kier alpha value is -2.54. The first-order valence-electron chi connectivity index (χ1n) is 9.14. The molecule has 2 aromatic rings. The van der Waals surface area contributed by atoms with E-state index < -0.39 is 16.1 Å². The normalized spacial score (nSPS) is 12.3. The van der Waals surface area contributed by atoms with Gasteiger partial charge in [-0.2, -0.15) is 0 Å². The maximum absolute atomic E-state index is 12.9. The van der Waals surface area contributed by atoms with Crippen LogP contribution in [0.4, 0.5) is 5.69 Å². The molecule has 0 aromatic heterocycles. The molecule has 152 valence electrons. The largest absolute Gasteiger partial charge is 0.497 e. The van der Waals surface area contributed by atoms with Crippen LogP contribution in [0.25, 0.3) is 0 Å². The lowest BCUT2D eigenvalue weighted by molar-refractivity contribution is -0.122. The fraction of sp³-hybridized carbons (Fsp3) is 0.381. The van der Waals surface area contributed by atoms with E-state index in [1.165, 1.54) is 4.31 Å². The van der Waals surface area contributed by atoms with Gasteiger partial charge in [-0.15, -0.1) is 0 Å². The van der Waals surface area contributed by atoms with E-state index in [4.69, 9.17) is 4.74 Å². The third-order valence-corrected chi connectivity index (χ3v) is 5.72. The van der Waals surface area contributed by atoms with Crippen molar-refractivity contribution in [1.29, 1.82) is 0 Å². The molecule has 1 N–H and O–H groups in total. The third-order valence-electron chi connectivity index (χ3n) is 4.56. The van der Waals surface area contributed by atoms with Crippen molar-refractivity contribution in [1.82, 2.24) is 5.32 Å². The number of rotatable bonds is 8. The van der Waals surface area contributed by atoms with Crippen LogP contribution in [0.15, 0.2) is 42.5 Å². The number of hydrogen-bond acceptors (Lipinski definition) is 4. The lowest BCUT2D eigenvalue weighted by atomic mass is 10.1. The molecule has 28 heavy (non-hydrogen) atoms. The van der Waals surface area contributed by atoms with Crippen molar-refractivity contribution in [3.63, 3.8) is 0 Å². The highest BCUT2D eigenvalue weighted by Crippen LogP contribution is 2.27. The summed E-state index contributed by atoms with van der Waals surface area (Å²) in [5.74, 6) is 0.407. The fourth-order valence-electron chi connectivity index (χ4n) is 3.04. The van der Waals surface area contributed by atoms with Crippen molar-refractivity contribution in [2.75, 3.05) is 17.7 Å². The smallest absolute Gasteiger partial charge is 0.244 e. The average Bonchev–Trinajstić information content (AvgIpc) is 2.65. The molecule has 1 atom stereocenters. The molecule has 1 amide bonds. The summed E-state index contributed by atoms with van der Waals surface area (Å²) in [6.07, 6.45) is 1.49. The highest BCUT2D eigenvalue weighted by Gasteiger charge is 2.32. The molecule has 0 spiro atoms. The monoisotopic (exact) mass is 404 g/mol. The summed E-state index contributed by atoms with van der Waals surface area (Å²) in [5.41, 5.74) is 3.18. The number of carbonyl (C=O) groups excluding carboxylic acids is 1. The number of carbonyl (C=O) groups is 1. The Morgan fingerprint density at radius 1 is 1.14 bits per heavy atom. The number of benzene rings is 2. The summed E-state index contributed by atoms with van der Waals surface area (Å²) >= 11 is 0. The topological polar surface area (TPSA) is 75.7 Å². The summed E-state index contributed by atoms with van der Waals surface area (Å²) in [6, 6.07) is 12.1. The van der Waals surface area contributed by atoms with Crippen LogP contribution in [-0.4, -0.2) is 33.7 Å². The van der Waals surface area contributed by atoms with Gasteiger partial charge in [0.2, 0.25) is 15.9 Å². The Bertz CT molecular complexity index is 924. The predicted molar refractivity (Wildman–Crippen MR) is 112 cm³/mol. The molecule has 0 heterocycles. The second kappa shape index (κ2) is 9.10. The number of ether oxygens (including phenoxy) is 1. The van der Waals surface area contributed by atoms with Crippen LogP contribution in [-0.2, 0) is 21.4 Å². The number of amides is 1. The van der Waals surface area contributed by atoms with E-state index >= 15 is 0 Å². The molecule has 0 aliphatic rings. The molecule has 0 saturated carbocycles. The molecule has 0 saturated heterocycles. The van der Waals surface area contributed by atoms with E-state index in [0.29, 0.717) is 18.7 Å². The van der Waals surface area contributed by atoms with Crippen LogP contribution in [0, 0.1) is 13.8 Å². The maximum Gasteiger partial charge on any atom is 0.244 e. The molecule has 6 nitrogen and oxygen atoms in total. The van der Waals surface area contributed by atoms with Crippen molar-refractivity contribution >= 4 is 21.6 Å². The average molecular weight is 405 g/mol. The molecule has 0 unspecified atom stereocenters. The van der Waals surface area contributed by atoms with Crippen LogP contribution < -0.4 is 14.4 Å². The Balaban J connectivity index is 2.27. The summed E-state index contributed by atoms with van der Waals surface area (Å²) in [6.45, 7) is 5.85. The Kier molecular flexibility index (Phi) is 7.07. The van der Waals surface area contributed by atoms with Gasteiger partial charge in [0, 0.05) is 6.54 Å². The molecule has 0 radical (unpaired) electrons. The van der Waals surface area contributed by atoms with E-state index in [1.807, 2.05) is 50.2 Å². The molecular formula is C21H28N2O4S. The summed E-state index contributed by atoms with van der Waals surface area (Å²) in [5, 5.41) is 2.86. The molecule has 0 aliphatic heterocycles. The lowest BCUT2D eigenvalue weighted by Crippen LogP contribution is -2.49. The number of nitrogens with zero attached hydrogens (tertiary/aromatic N) is 1. The van der Waals surface area contributed by atoms with Gasteiger partial charge in [0.15, 0.2) is 0 Å². The number of hydrogen-bond donors (Lipinski definition) is 1. The predicted octanol–water partition coefficient (Wildman–Crippen LogP) is 3.17. The lowest BCUT2D eigenvalue weighted by Gasteiger charge is -2.31. The van der Waals surface area contributed by atoms with Crippen LogP contribution in [0.1, 0.15) is 30.0 Å². The maximum atomic E-state index is 12.9. The van der Waals surface area contributed by atoms with Gasteiger partial charge in [0.25, 0.3) is 0 Å². The number of nitrogens with one attached hydrogen (secondary N) is 1. The second-order valence-corrected chi connectivity index (χ2v) is 8.70. The van der Waals surface area contributed by atoms with Crippen molar-refractivity contribution < 1.29 is 17.9 Å². The zero-order chi connectivity index (χ0) is 20.9. The quantitative estimate of drug-likeness (QED) is 0.733. The number of methoxy groups -OCH3 is 1. The molecule has 0 fully saturated rings. The first-order valence-corrected chi connectivity index (χ1v) is 11.0. The molecule has 2 aromatic carbocycles. The van der Waals surface area contributed by atoms with Crippen molar-refractivity contribution in [2.45, 2.75) is 39.8 Å². The Labute approximate surface area is 167 Å². The van der Waals surface area contributed by atoms with Crippen LogP contribution >= 0.6 is 0 Å². The third kappa shape index (κ3) is 5.25. The summed E-state index contributed by atoms with van der Waals surface area (Å²) in [7, 11) is -2.06. The molecule has 0 aliphatic carbocycles. The minimum absolute atomic E-state index is 0.309. The van der Waals surface area contributed by atoms with Crippen LogP contribution in [0.5, 0.6) is 5.75 Å². The van der Waals surface area contributed by atoms with Gasteiger partial charge in [0.05, 0.1) is 19.1 Å². The zero-order valence-electron chi connectivity index (χ0n) is 17.0. The van der Waals surface area contributed by atoms with Gasteiger partial charge in [-0.1, -0.05) is 31.2 Å². The molecule has 2 rings (SSSR count). The van der Waals surface area contributed by atoms with E-state index in [9.17, 15) is 13.2 Å². The minimum atomic E-state index is -3.65. The minimum Gasteiger partial charge on any atom is -0.497 e. The van der Waals surface area contributed by atoms with Gasteiger partial charge >= 0.3 is 0 Å². The van der Waals surface area contributed by atoms with E-state index in [2.05, 4.69) is 5.32 Å². The molecular weight excluding hydrogens is 376 g/mol. The van der Waals surface area contributed by atoms with Gasteiger partial charge in [-0.3, -0.25) is 9.10 Å². The van der Waals surface area contributed by atoms with Gasteiger partial charge in [-0.05, 0) is 55.2 Å². The Morgan fingerprint density at radius 3 is 2.32 bits per heavy atom. The highest BCUT2D eigenvalue weighted by atomic mass is 32.2. The van der Waals surface area contributed by atoms with Crippen molar-refractivity contribution in [3.8, 4) is 5.75 Å². The molecule has 7 heteroatoms.